The number of nitrogens with one attached hydrogen (secondary N) is 1. The first-order chi connectivity index (χ1) is 8.72. The van der Waals surface area contributed by atoms with Gasteiger partial charge in [0, 0.05) is 6.54 Å². The highest BCUT2D eigenvalue weighted by Gasteiger charge is 2.29. The highest BCUT2D eigenvalue weighted by molar-refractivity contribution is 5.66. The fourth-order valence-electron chi connectivity index (χ4n) is 1.68. The Bertz CT molecular complexity index is 396. The summed E-state index contributed by atoms with van der Waals surface area (Å²) in [5.41, 5.74) is 6.31. The summed E-state index contributed by atoms with van der Waals surface area (Å²) >= 11 is 0. The molecule has 1 aromatic rings. The van der Waals surface area contributed by atoms with E-state index in [1.165, 1.54) is 6.33 Å². The van der Waals surface area contributed by atoms with Gasteiger partial charge in [0.25, 0.3) is 0 Å². The smallest absolute Gasteiger partial charge is 0.242 e. The first-order valence-electron chi connectivity index (χ1n) is 6.37. The summed E-state index contributed by atoms with van der Waals surface area (Å²) in [4.78, 5) is 8.05. The van der Waals surface area contributed by atoms with Gasteiger partial charge in [-0.1, -0.05) is 6.92 Å². The number of ether oxygens (including phenoxy) is 1. The molecule has 6 heteroatoms. The number of aliphatic hydroxyl groups is 1. The lowest BCUT2D eigenvalue weighted by molar-refractivity contribution is 0.164. The van der Waals surface area contributed by atoms with Crippen molar-refractivity contribution in [3.63, 3.8) is 0 Å². The highest BCUT2D eigenvalue weighted by Crippen LogP contribution is 2.33. The molecule has 1 unspecified atom stereocenters. The predicted molar refractivity (Wildman–Crippen MR) is 69.5 cm³/mol. The fraction of sp³-hybridized carbons (Fsp3) is 0.667. The molecule has 100 valence electrons. The Balaban J connectivity index is 1.94. The van der Waals surface area contributed by atoms with Gasteiger partial charge in [-0.15, -0.1) is 0 Å². The molecular formula is C12H20N4O2. The Kier molecular flexibility index (Phi) is 4.19. The molecule has 0 aromatic carbocycles. The Morgan fingerprint density at radius 2 is 2.33 bits per heavy atom. The summed E-state index contributed by atoms with van der Waals surface area (Å²) in [6.07, 6.45) is 4.18. The second-order valence-corrected chi connectivity index (χ2v) is 4.58. The number of aliphatic hydroxyl groups excluding tert-OH is 1. The number of hydrogen-bond acceptors (Lipinski definition) is 6. The minimum absolute atomic E-state index is 0.334. The van der Waals surface area contributed by atoms with Gasteiger partial charge < -0.3 is 20.9 Å². The summed E-state index contributed by atoms with van der Waals surface area (Å²) in [6.45, 7) is 3.05. The third-order valence-corrected chi connectivity index (χ3v) is 2.94. The van der Waals surface area contributed by atoms with Crippen LogP contribution in [0.5, 0.6) is 5.88 Å². The van der Waals surface area contributed by atoms with E-state index in [0.29, 0.717) is 36.5 Å². The van der Waals surface area contributed by atoms with E-state index >= 15 is 0 Å². The minimum Gasteiger partial charge on any atom is -0.476 e. The maximum Gasteiger partial charge on any atom is 0.242 e. The third-order valence-electron chi connectivity index (χ3n) is 2.94. The zero-order chi connectivity index (χ0) is 13.0. The number of anilines is 2. The highest BCUT2D eigenvalue weighted by atomic mass is 16.5. The molecule has 1 saturated carbocycles. The van der Waals surface area contributed by atoms with Crippen molar-refractivity contribution in [2.75, 3.05) is 24.2 Å². The maximum atomic E-state index is 9.77. The first kappa shape index (κ1) is 12.9. The topological polar surface area (TPSA) is 93.3 Å². The van der Waals surface area contributed by atoms with Gasteiger partial charge in [0.15, 0.2) is 5.82 Å². The second-order valence-electron chi connectivity index (χ2n) is 4.58. The van der Waals surface area contributed by atoms with Crippen LogP contribution in [0.2, 0.25) is 0 Å². The van der Waals surface area contributed by atoms with Gasteiger partial charge in [-0.05, 0) is 25.2 Å². The van der Waals surface area contributed by atoms with Crippen LogP contribution in [0.25, 0.3) is 0 Å². The van der Waals surface area contributed by atoms with E-state index in [0.717, 1.165) is 19.3 Å². The van der Waals surface area contributed by atoms with E-state index in [2.05, 4.69) is 15.3 Å². The van der Waals surface area contributed by atoms with E-state index in [1.54, 1.807) is 0 Å². The van der Waals surface area contributed by atoms with Crippen LogP contribution in [-0.2, 0) is 0 Å². The Labute approximate surface area is 107 Å². The second kappa shape index (κ2) is 5.86. The zero-order valence-corrected chi connectivity index (χ0v) is 10.6. The van der Waals surface area contributed by atoms with Crippen molar-refractivity contribution in [3.8, 4) is 5.88 Å². The third kappa shape index (κ3) is 3.22. The maximum absolute atomic E-state index is 9.77. The molecule has 0 spiro atoms. The monoisotopic (exact) mass is 252 g/mol. The molecule has 0 saturated heterocycles. The van der Waals surface area contributed by atoms with Crippen molar-refractivity contribution in [2.45, 2.75) is 32.3 Å². The SMILES string of the molecule is CCCOc1ncnc(NCC(O)C2CC2)c1N. The molecule has 0 radical (unpaired) electrons. The number of rotatable bonds is 7. The lowest BCUT2D eigenvalue weighted by Crippen LogP contribution is -2.22. The summed E-state index contributed by atoms with van der Waals surface area (Å²) in [5.74, 6) is 1.35. The molecule has 1 heterocycles. The molecule has 1 fully saturated rings. The van der Waals surface area contributed by atoms with Crippen molar-refractivity contribution >= 4 is 11.5 Å². The van der Waals surface area contributed by atoms with Gasteiger partial charge in [-0.3, -0.25) is 0 Å². The average molecular weight is 252 g/mol. The van der Waals surface area contributed by atoms with Crippen LogP contribution in [0.4, 0.5) is 11.5 Å². The molecule has 4 N–H and O–H groups in total. The molecular weight excluding hydrogens is 232 g/mol. The predicted octanol–water partition coefficient (Wildman–Crippen LogP) is 1.03. The number of nitrogens with two attached hydrogens (primary N) is 1. The molecule has 1 atom stereocenters. The van der Waals surface area contributed by atoms with Crippen molar-refractivity contribution in [1.29, 1.82) is 0 Å². The van der Waals surface area contributed by atoms with Crippen LogP contribution < -0.4 is 15.8 Å². The van der Waals surface area contributed by atoms with Crippen LogP contribution in [0.1, 0.15) is 26.2 Å². The van der Waals surface area contributed by atoms with Gasteiger partial charge >= 0.3 is 0 Å². The van der Waals surface area contributed by atoms with E-state index in [-0.39, 0.29) is 6.10 Å². The zero-order valence-electron chi connectivity index (χ0n) is 10.6. The van der Waals surface area contributed by atoms with Crippen molar-refractivity contribution in [3.05, 3.63) is 6.33 Å². The molecule has 1 aliphatic carbocycles. The van der Waals surface area contributed by atoms with E-state index in [1.807, 2.05) is 6.92 Å². The van der Waals surface area contributed by atoms with Crippen molar-refractivity contribution < 1.29 is 9.84 Å². The molecule has 2 rings (SSSR count). The largest absolute Gasteiger partial charge is 0.476 e. The first-order valence-corrected chi connectivity index (χ1v) is 6.37. The number of nitrogen functional groups attached to an aromatic ring is 1. The lowest BCUT2D eigenvalue weighted by Gasteiger charge is -2.14. The van der Waals surface area contributed by atoms with Crippen LogP contribution >= 0.6 is 0 Å². The number of aromatic nitrogens is 2. The van der Waals surface area contributed by atoms with Crippen LogP contribution in [-0.4, -0.2) is 34.3 Å². The molecule has 0 amide bonds. The Morgan fingerprint density at radius 1 is 1.56 bits per heavy atom. The van der Waals surface area contributed by atoms with Gasteiger partial charge in [-0.25, -0.2) is 4.98 Å². The Hall–Kier alpha value is -1.56. The quantitative estimate of drug-likeness (QED) is 0.671. The summed E-state index contributed by atoms with van der Waals surface area (Å²) in [6, 6.07) is 0. The Morgan fingerprint density at radius 3 is 3.00 bits per heavy atom. The van der Waals surface area contributed by atoms with E-state index in [4.69, 9.17) is 10.5 Å². The lowest BCUT2D eigenvalue weighted by atomic mass is 10.2. The average Bonchev–Trinajstić information content (AvgIpc) is 3.20. The number of nitrogens with zero attached hydrogens (tertiary/aromatic N) is 2. The standard InChI is InChI=1S/C12H20N4O2/c1-2-5-18-12-10(13)11(15-7-16-12)14-6-9(17)8-3-4-8/h7-9,17H,2-6,13H2,1H3,(H,14,15,16). The molecule has 1 aliphatic rings. The normalized spacial score (nSPS) is 16.3. The van der Waals surface area contributed by atoms with Crippen LogP contribution in [0.3, 0.4) is 0 Å². The summed E-state index contributed by atoms with van der Waals surface area (Å²) in [7, 11) is 0. The molecule has 0 aliphatic heterocycles. The molecule has 0 bridgehead atoms. The van der Waals surface area contributed by atoms with Gasteiger partial charge in [-0.2, -0.15) is 4.98 Å². The van der Waals surface area contributed by atoms with Gasteiger partial charge in [0.2, 0.25) is 5.88 Å². The van der Waals surface area contributed by atoms with Crippen molar-refractivity contribution in [2.24, 2.45) is 5.92 Å². The van der Waals surface area contributed by atoms with E-state index in [9.17, 15) is 5.11 Å². The molecule has 6 nitrogen and oxygen atoms in total. The minimum atomic E-state index is -0.334. The van der Waals surface area contributed by atoms with Gasteiger partial charge in [0.05, 0.1) is 12.7 Å². The molecule has 18 heavy (non-hydrogen) atoms. The van der Waals surface area contributed by atoms with Gasteiger partial charge in [0.1, 0.15) is 12.0 Å². The van der Waals surface area contributed by atoms with Crippen LogP contribution in [0, 0.1) is 5.92 Å². The summed E-state index contributed by atoms with van der Waals surface area (Å²) < 4.78 is 5.41. The van der Waals surface area contributed by atoms with Crippen molar-refractivity contribution in [1.82, 2.24) is 9.97 Å². The molecule has 1 aromatic heterocycles. The fourth-order valence-corrected chi connectivity index (χ4v) is 1.68. The number of hydrogen-bond donors (Lipinski definition) is 3. The summed E-state index contributed by atoms with van der Waals surface area (Å²) in [5, 5.41) is 12.8. The van der Waals surface area contributed by atoms with E-state index < -0.39 is 0 Å². The van der Waals surface area contributed by atoms with Crippen LogP contribution in [0.15, 0.2) is 6.33 Å².